The molecule has 0 bridgehead atoms. The van der Waals surface area contributed by atoms with Gasteiger partial charge in [0, 0.05) is 22.4 Å². The summed E-state index contributed by atoms with van der Waals surface area (Å²) < 4.78 is 8.86. The summed E-state index contributed by atoms with van der Waals surface area (Å²) in [6, 6.07) is 60.4. The maximum absolute atomic E-state index is 6.59. The maximum atomic E-state index is 6.59. The minimum Gasteiger partial charge on any atom is -0.457 e. The Kier molecular flexibility index (Phi) is 6.09. The highest BCUT2D eigenvalue weighted by Crippen LogP contribution is 2.58. The number of para-hydroxylation sites is 3. The molecule has 0 fully saturated rings. The molecule has 3 nitrogen and oxygen atoms in total. The number of nitrogens with zero attached hydrogens (tertiary/aromatic N) is 2. The lowest BCUT2D eigenvalue weighted by atomic mass is 9.62. The average Bonchev–Trinajstić information content (AvgIpc) is 3.49. The molecule has 1 aliphatic carbocycles. The van der Waals surface area contributed by atoms with E-state index in [1.54, 1.807) is 0 Å². The smallest absolute Gasteiger partial charge is 0.145 e. The Morgan fingerprint density at radius 2 is 1.02 bits per heavy atom. The minimum absolute atomic E-state index is 0.587. The molecule has 0 atom stereocenters. The van der Waals surface area contributed by atoms with Gasteiger partial charge in [-0.3, -0.25) is 4.57 Å². The Bertz CT molecular complexity index is 2530. The summed E-state index contributed by atoms with van der Waals surface area (Å²) in [4.78, 5) is 5.26. The van der Waals surface area contributed by atoms with Crippen LogP contribution < -0.4 is 4.74 Å². The van der Waals surface area contributed by atoms with Gasteiger partial charge in [0.2, 0.25) is 0 Å². The number of fused-ring (bicyclic) bond motifs is 9. The van der Waals surface area contributed by atoms with E-state index in [9.17, 15) is 0 Å². The topological polar surface area (TPSA) is 27.1 Å². The second-order valence-electron chi connectivity index (χ2n) is 12.7. The molecule has 0 amide bonds. The molecule has 1 aliphatic heterocycles. The first-order chi connectivity index (χ1) is 24.3. The van der Waals surface area contributed by atoms with Crippen LogP contribution in [0.1, 0.15) is 33.4 Å². The summed E-state index contributed by atoms with van der Waals surface area (Å²) in [5, 5.41) is 0. The van der Waals surface area contributed by atoms with Crippen LogP contribution in [0.15, 0.2) is 170 Å². The van der Waals surface area contributed by atoms with Crippen molar-refractivity contribution in [3.05, 3.63) is 203 Å². The van der Waals surface area contributed by atoms with Crippen molar-refractivity contribution >= 4 is 23.2 Å². The summed E-state index contributed by atoms with van der Waals surface area (Å²) in [5.74, 6) is 2.70. The van der Waals surface area contributed by atoms with Crippen LogP contribution in [0.4, 0.5) is 0 Å². The number of aromatic nitrogens is 2. The van der Waals surface area contributed by atoms with E-state index in [1.807, 2.05) is 6.07 Å². The average molecular weight is 627 g/mol. The lowest BCUT2D eigenvalue weighted by Gasteiger charge is -2.42. The van der Waals surface area contributed by atoms with Crippen molar-refractivity contribution < 1.29 is 4.74 Å². The fraction of sp³-hybridized carbons (Fsp3) is 0.0217. The SMILES string of the molecule is C1=Cc2ccc(-c3ccc4c(c3)nc(-c3ccccc3)n4-c3ccccc3)cc2C2(c3ccccc31)c1ccccc1Oc1ccccc12. The summed E-state index contributed by atoms with van der Waals surface area (Å²) in [6.45, 7) is 0. The minimum atomic E-state index is -0.587. The van der Waals surface area contributed by atoms with E-state index in [2.05, 4.69) is 181 Å². The Hall–Kier alpha value is -6.45. The molecule has 0 radical (unpaired) electrons. The molecule has 230 valence electrons. The zero-order valence-electron chi connectivity index (χ0n) is 26.6. The maximum Gasteiger partial charge on any atom is 0.145 e. The van der Waals surface area contributed by atoms with Gasteiger partial charge in [-0.05, 0) is 75.8 Å². The predicted molar refractivity (Wildman–Crippen MR) is 199 cm³/mol. The van der Waals surface area contributed by atoms with E-state index in [4.69, 9.17) is 9.72 Å². The van der Waals surface area contributed by atoms with Gasteiger partial charge in [-0.25, -0.2) is 4.98 Å². The Morgan fingerprint density at radius 3 is 1.76 bits per heavy atom. The van der Waals surface area contributed by atoms with Crippen molar-refractivity contribution in [2.75, 3.05) is 0 Å². The van der Waals surface area contributed by atoms with E-state index in [0.29, 0.717) is 0 Å². The van der Waals surface area contributed by atoms with E-state index in [-0.39, 0.29) is 0 Å². The Morgan fingerprint density at radius 1 is 0.449 bits per heavy atom. The number of hydrogen-bond donors (Lipinski definition) is 0. The highest BCUT2D eigenvalue weighted by molar-refractivity contribution is 5.89. The van der Waals surface area contributed by atoms with Gasteiger partial charge in [-0.15, -0.1) is 0 Å². The molecule has 8 aromatic rings. The summed E-state index contributed by atoms with van der Waals surface area (Å²) in [7, 11) is 0. The molecular weight excluding hydrogens is 597 g/mol. The van der Waals surface area contributed by atoms with Crippen LogP contribution >= 0.6 is 0 Å². The van der Waals surface area contributed by atoms with Gasteiger partial charge in [0.1, 0.15) is 17.3 Å². The van der Waals surface area contributed by atoms with Gasteiger partial charge in [0.15, 0.2) is 0 Å². The van der Waals surface area contributed by atoms with Crippen molar-refractivity contribution in [1.82, 2.24) is 9.55 Å². The molecule has 2 heterocycles. The van der Waals surface area contributed by atoms with E-state index in [1.165, 1.54) is 22.3 Å². The third-order valence-electron chi connectivity index (χ3n) is 10.1. The monoisotopic (exact) mass is 626 g/mol. The van der Waals surface area contributed by atoms with Crippen molar-refractivity contribution in [2.45, 2.75) is 5.41 Å². The molecule has 0 unspecified atom stereocenters. The molecule has 10 rings (SSSR count). The van der Waals surface area contributed by atoms with E-state index in [0.717, 1.165) is 61.9 Å². The molecule has 1 spiro atoms. The summed E-state index contributed by atoms with van der Waals surface area (Å²) >= 11 is 0. The van der Waals surface area contributed by atoms with Crippen molar-refractivity contribution in [1.29, 1.82) is 0 Å². The fourth-order valence-electron chi connectivity index (χ4n) is 7.97. The van der Waals surface area contributed by atoms with Gasteiger partial charge in [-0.2, -0.15) is 0 Å². The molecule has 7 aromatic carbocycles. The fourth-order valence-corrected chi connectivity index (χ4v) is 7.97. The first-order valence-electron chi connectivity index (χ1n) is 16.7. The highest BCUT2D eigenvalue weighted by Gasteiger charge is 2.47. The molecule has 2 aliphatic rings. The molecule has 1 aromatic heterocycles. The lowest BCUT2D eigenvalue weighted by Crippen LogP contribution is -2.35. The van der Waals surface area contributed by atoms with E-state index >= 15 is 0 Å². The second kappa shape index (κ2) is 10.8. The van der Waals surface area contributed by atoms with Crippen molar-refractivity contribution in [3.8, 4) is 39.7 Å². The van der Waals surface area contributed by atoms with Crippen LogP contribution in [0.5, 0.6) is 11.5 Å². The number of rotatable bonds is 3. The first kappa shape index (κ1) is 27.6. The standard InChI is InChI=1S/C46H30N2O/c1-3-14-33(15-4-1)45-47-41-30-35(27-28-42(41)48(45)36-16-5-2-6-17-36)34-26-25-32-24-23-31-13-7-8-18-37(31)46(40(32)29-34)38-19-9-11-21-43(38)49-44-22-12-10-20-39(44)46/h1-30H. The zero-order chi connectivity index (χ0) is 32.4. The van der Waals surface area contributed by atoms with Crippen LogP contribution in [0.25, 0.3) is 51.4 Å². The first-order valence-corrected chi connectivity index (χ1v) is 16.7. The number of ether oxygens (including phenoxy) is 1. The lowest BCUT2D eigenvalue weighted by molar-refractivity contribution is 0.434. The van der Waals surface area contributed by atoms with Crippen LogP contribution in [-0.4, -0.2) is 9.55 Å². The summed E-state index contributed by atoms with van der Waals surface area (Å²) in [6.07, 6.45) is 4.53. The largest absolute Gasteiger partial charge is 0.457 e. The normalized spacial score (nSPS) is 13.6. The third-order valence-corrected chi connectivity index (χ3v) is 10.1. The van der Waals surface area contributed by atoms with Crippen LogP contribution in [-0.2, 0) is 5.41 Å². The summed E-state index contributed by atoms with van der Waals surface area (Å²) in [5.41, 5.74) is 13.0. The quantitative estimate of drug-likeness (QED) is 0.195. The van der Waals surface area contributed by atoms with Crippen LogP contribution in [0.2, 0.25) is 0 Å². The van der Waals surface area contributed by atoms with Crippen LogP contribution in [0.3, 0.4) is 0 Å². The van der Waals surface area contributed by atoms with Crippen LogP contribution in [0, 0.1) is 0 Å². The molecule has 0 saturated carbocycles. The van der Waals surface area contributed by atoms with Gasteiger partial charge < -0.3 is 4.74 Å². The van der Waals surface area contributed by atoms with Gasteiger partial charge >= 0.3 is 0 Å². The Labute approximate surface area is 285 Å². The van der Waals surface area contributed by atoms with Crippen molar-refractivity contribution in [2.24, 2.45) is 0 Å². The molecule has 0 N–H and O–H groups in total. The third kappa shape index (κ3) is 4.12. The van der Waals surface area contributed by atoms with Gasteiger partial charge in [0.25, 0.3) is 0 Å². The number of imidazole rings is 1. The molecular formula is C46H30N2O. The predicted octanol–water partition coefficient (Wildman–Crippen LogP) is 11.3. The second-order valence-corrected chi connectivity index (χ2v) is 12.7. The molecule has 3 heteroatoms. The van der Waals surface area contributed by atoms with E-state index < -0.39 is 5.41 Å². The molecule has 0 saturated heterocycles. The molecule has 49 heavy (non-hydrogen) atoms. The highest BCUT2D eigenvalue weighted by atomic mass is 16.5. The van der Waals surface area contributed by atoms with Gasteiger partial charge in [0.05, 0.1) is 16.4 Å². The number of benzene rings is 7. The van der Waals surface area contributed by atoms with Gasteiger partial charge in [-0.1, -0.05) is 140 Å². The Balaban J connectivity index is 1.23. The number of hydrogen-bond acceptors (Lipinski definition) is 2. The van der Waals surface area contributed by atoms with Crippen molar-refractivity contribution in [3.63, 3.8) is 0 Å². The zero-order valence-corrected chi connectivity index (χ0v) is 26.6.